The van der Waals surface area contributed by atoms with E-state index < -0.39 is 11.8 Å². The summed E-state index contributed by atoms with van der Waals surface area (Å²) in [6, 6.07) is 16.4. The number of furan rings is 1. The largest absolute Gasteiger partial charge is 0.457 e. The highest BCUT2D eigenvalue weighted by Gasteiger charge is 2.25. The number of ether oxygens (including phenoxy) is 1. The molecule has 0 atom stereocenters. The van der Waals surface area contributed by atoms with Crippen molar-refractivity contribution in [1.29, 1.82) is 0 Å². The van der Waals surface area contributed by atoms with Gasteiger partial charge in [-0.25, -0.2) is 14.2 Å². The van der Waals surface area contributed by atoms with Gasteiger partial charge in [0.05, 0.1) is 5.02 Å². The molecular weight excluding hydrogens is 357 g/mol. The van der Waals surface area contributed by atoms with Gasteiger partial charge < -0.3 is 9.15 Å². The summed E-state index contributed by atoms with van der Waals surface area (Å²) < 4.78 is 24.2. The van der Waals surface area contributed by atoms with Crippen LogP contribution in [0, 0.1) is 5.82 Å². The van der Waals surface area contributed by atoms with Crippen molar-refractivity contribution >= 4 is 29.5 Å². The third kappa shape index (κ3) is 3.17. The second-order valence-corrected chi connectivity index (χ2v) is 5.94. The lowest BCUT2D eigenvalue weighted by Gasteiger charge is -1.99. The molecule has 0 radical (unpaired) electrons. The van der Waals surface area contributed by atoms with Crippen LogP contribution in [0.25, 0.3) is 17.4 Å². The Kier molecular flexibility index (Phi) is 4.14. The fourth-order valence-corrected chi connectivity index (χ4v) is 2.75. The van der Waals surface area contributed by atoms with Crippen LogP contribution in [0.3, 0.4) is 0 Å². The topological polar surface area (TPSA) is 51.8 Å². The SMILES string of the molecule is O=C1OC(c2cccc(F)c2)=NC1=Cc1ccc(-c2ccccc2Cl)o1. The average molecular weight is 368 g/mol. The third-order valence-electron chi connectivity index (χ3n) is 3.74. The Hall–Kier alpha value is -3.18. The highest BCUT2D eigenvalue weighted by molar-refractivity contribution is 6.33. The first kappa shape index (κ1) is 16.3. The van der Waals surface area contributed by atoms with Gasteiger partial charge in [-0.15, -0.1) is 0 Å². The standard InChI is InChI=1S/C20H11ClFNO3/c21-16-7-2-1-6-15(16)18-9-8-14(25-18)11-17-20(24)26-19(23-17)12-4-3-5-13(22)10-12/h1-11H. The van der Waals surface area contributed by atoms with E-state index in [1.807, 2.05) is 18.2 Å². The fraction of sp³-hybridized carbons (Fsp3) is 0. The number of hydrogen-bond donors (Lipinski definition) is 0. The van der Waals surface area contributed by atoms with Crippen LogP contribution in [0.15, 0.2) is 75.8 Å². The maximum Gasteiger partial charge on any atom is 0.363 e. The Bertz CT molecular complexity index is 1070. The molecule has 6 heteroatoms. The van der Waals surface area contributed by atoms with E-state index in [4.69, 9.17) is 20.8 Å². The Labute approximate surface area is 153 Å². The number of aliphatic imine (C=N–C) groups is 1. The maximum atomic E-state index is 13.3. The van der Waals surface area contributed by atoms with E-state index in [0.717, 1.165) is 5.56 Å². The third-order valence-corrected chi connectivity index (χ3v) is 4.07. The quantitative estimate of drug-likeness (QED) is 0.479. The van der Waals surface area contributed by atoms with Crippen molar-refractivity contribution in [2.75, 3.05) is 0 Å². The van der Waals surface area contributed by atoms with Crippen molar-refractivity contribution < 1.29 is 18.3 Å². The van der Waals surface area contributed by atoms with Gasteiger partial charge in [-0.2, -0.15) is 0 Å². The first-order chi connectivity index (χ1) is 12.6. The van der Waals surface area contributed by atoms with Gasteiger partial charge in [0.25, 0.3) is 0 Å². The molecule has 26 heavy (non-hydrogen) atoms. The van der Waals surface area contributed by atoms with Crippen molar-refractivity contribution in [3.05, 3.63) is 88.5 Å². The van der Waals surface area contributed by atoms with Crippen LogP contribution < -0.4 is 0 Å². The van der Waals surface area contributed by atoms with E-state index in [2.05, 4.69) is 4.99 Å². The molecule has 0 spiro atoms. The monoisotopic (exact) mass is 367 g/mol. The normalized spacial score (nSPS) is 15.2. The van der Waals surface area contributed by atoms with E-state index in [-0.39, 0.29) is 11.6 Å². The Morgan fingerprint density at radius 1 is 1.04 bits per heavy atom. The Morgan fingerprint density at radius 3 is 2.69 bits per heavy atom. The number of cyclic esters (lactones) is 1. The summed E-state index contributed by atoms with van der Waals surface area (Å²) >= 11 is 6.16. The van der Waals surface area contributed by atoms with Crippen molar-refractivity contribution in [3.8, 4) is 11.3 Å². The number of halogens is 2. The zero-order valence-electron chi connectivity index (χ0n) is 13.3. The summed E-state index contributed by atoms with van der Waals surface area (Å²) in [4.78, 5) is 16.1. The smallest absolute Gasteiger partial charge is 0.363 e. The van der Waals surface area contributed by atoms with Crippen LogP contribution in [0.2, 0.25) is 5.02 Å². The molecular formula is C20H11ClFNO3. The second-order valence-electron chi connectivity index (χ2n) is 5.53. The number of esters is 1. The molecule has 4 rings (SSSR count). The summed E-state index contributed by atoms with van der Waals surface area (Å²) in [6.07, 6.45) is 1.47. The number of carbonyl (C=O) groups is 1. The minimum absolute atomic E-state index is 0.0543. The molecule has 3 aromatic rings. The molecule has 0 aliphatic carbocycles. The predicted octanol–water partition coefficient (Wildman–Crippen LogP) is 5.08. The number of hydrogen-bond acceptors (Lipinski definition) is 4. The van der Waals surface area contributed by atoms with Crippen molar-refractivity contribution in [1.82, 2.24) is 0 Å². The molecule has 0 bridgehead atoms. The van der Waals surface area contributed by atoms with Crippen LogP contribution in [0.1, 0.15) is 11.3 Å². The molecule has 2 aromatic carbocycles. The second kappa shape index (κ2) is 6.61. The summed E-state index contributed by atoms with van der Waals surface area (Å²) in [5, 5.41) is 0.563. The highest BCUT2D eigenvalue weighted by atomic mass is 35.5. The fourth-order valence-electron chi connectivity index (χ4n) is 2.53. The molecule has 1 aliphatic rings. The number of carbonyl (C=O) groups excluding carboxylic acids is 1. The lowest BCUT2D eigenvalue weighted by Crippen LogP contribution is -2.05. The number of rotatable bonds is 3. The van der Waals surface area contributed by atoms with Crippen molar-refractivity contribution in [2.24, 2.45) is 4.99 Å². The zero-order chi connectivity index (χ0) is 18.1. The van der Waals surface area contributed by atoms with Crippen LogP contribution >= 0.6 is 11.6 Å². The predicted molar refractivity (Wildman–Crippen MR) is 96.2 cm³/mol. The van der Waals surface area contributed by atoms with Crippen LogP contribution in [-0.2, 0) is 9.53 Å². The summed E-state index contributed by atoms with van der Waals surface area (Å²) in [6.45, 7) is 0. The van der Waals surface area contributed by atoms with E-state index in [1.165, 1.54) is 24.3 Å². The molecule has 128 valence electrons. The van der Waals surface area contributed by atoms with Gasteiger partial charge >= 0.3 is 5.97 Å². The lowest BCUT2D eigenvalue weighted by molar-refractivity contribution is -0.129. The average Bonchev–Trinajstić information content (AvgIpc) is 3.23. The molecule has 0 N–H and O–H groups in total. The minimum Gasteiger partial charge on any atom is -0.457 e. The molecule has 0 saturated heterocycles. The zero-order valence-corrected chi connectivity index (χ0v) is 14.0. The van der Waals surface area contributed by atoms with Gasteiger partial charge in [-0.1, -0.05) is 29.8 Å². The van der Waals surface area contributed by atoms with Crippen molar-refractivity contribution in [2.45, 2.75) is 0 Å². The molecule has 2 heterocycles. The molecule has 0 amide bonds. The van der Waals surface area contributed by atoms with Crippen molar-refractivity contribution in [3.63, 3.8) is 0 Å². The van der Waals surface area contributed by atoms with E-state index in [1.54, 1.807) is 24.3 Å². The summed E-state index contributed by atoms with van der Waals surface area (Å²) in [5.74, 6) is -0.00746. The first-order valence-corrected chi connectivity index (χ1v) is 8.11. The molecule has 1 aromatic heterocycles. The molecule has 4 nitrogen and oxygen atoms in total. The van der Waals surface area contributed by atoms with Gasteiger partial charge in [0.1, 0.15) is 17.3 Å². The minimum atomic E-state index is -0.625. The first-order valence-electron chi connectivity index (χ1n) is 7.73. The lowest BCUT2D eigenvalue weighted by atomic mass is 10.2. The van der Waals surface area contributed by atoms with E-state index in [0.29, 0.717) is 22.1 Å². The van der Waals surface area contributed by atoms with Gasteiger partial charge in [-0.05, 0) is 42.5 Å². The highest BCUT2D eigenvalue weighted by Crippen LogP contribution is 2.30. The number of nitrogens with zero attached hydrogens (tertiary/aromatic N) is 1. The molecule has 0 unspecified atom stereocenters. The van der Waals surface area contributed by atoms with Crippen LogP contribution in [0.4, 0.5) is 4.39 Å². The number of benzene rings is 2. The van der Waals surface area contributed by atoms with Crippen LogP contribution in [0.5, 0.6) is 0 Å². The Balaban J connectivity index is 1.64. The van der Waals surface area contributed by atoms with E-state index in [9.17, 15) is 9.18 Å². The molecule has 1 aliphatic heterocycles. The molecule has 0 saturated carbocycles. The summed E-state index contributed by atoms with van der Waals surface area (Å²) in [7, 11) is 0. The van der Waals surface area contributed by atoms with Gasteiger partial charge in [0.2, 0.25) is 5.90 Å². The molecule has 0 fully saturated rings. The van der Waals surface area contributed by atoms with E-state index >= 15 is 0 Å². The van der Waals surface area contributed by atoms with Gasteiger partial charge in [0, 0.05) is 17.2 Å². The van der Waals surface area contributed by atoms with Gasteiger partial charge in [-0.3, -0.25) is 0 Å². The van der Waals surface area contributed by atoms with Gasteiger partial charge in [0.15, 0.2) is 5.70 Å². The maximum absolute atomic E-state index is 13.3. The summed E-state index contributed by atoms with van der Waals surface area (Å²) in [5.41, 5.74) is 1.21. The van der Waals surface area contributed by atoms with Crippen LogP contribution in [-0.4, -0.2) is 11.9 Å². The Morgan fingerprint density at radius 2 is 1.88 bits per heavy atom.